The highest BCUT2D eigenvalue weighted by Crippen LogP contribution is 2.35. The minimum Gasteiger partial charge on any atom is -0.497 e. The molecule has 3 N–H and O–H groups in total. The zero-order valence-electron chi connectivity index (χ0n) is 16.8. The number of benzene rings is 1. The highest BCUT2D eigenvalue weighted by Gasteiger charge is 2.35. The van der Waals surface area contributed by atoms with Gasteiger partial charge in [0, 0.05) is 44.2 Å². The lowest BCUT2D eigenvalue weighted by atomic mass is 9.74. The Morgan fingerprint density at radius 3 is 2.61 bits per heavy atom. The molecule has 3 heterocycles. The van der Waals surface area contributed by atoms with Gasteiger partial charge in [-0.05, 0) is 49.6 Å². The molecule has 2 fully saturated rings. The summed E-state index contributed by atoms with van der Waals surface area (Å²) in [4.78, 5) is 0. The molecule has 6 nitrogen and oxygen atoms in total. The summed E-state index contributed by atoms with van der Waals surface area (Å²) in [5.74, 6) is 3.30. The van der Waals surface area contributed by atoms with Gasteiger partial charge >= 0.3 is 0 Å². The van der Waals surface area contributed by atoms with Crippen molar-refractivity contribution in [2.24, 2.45) is 5.92 Å². The molecule has 1 aromatic heterocycles. The maximum absolute atomic E-state index is 5.85. The Morgan fingerprint density at radius 2 is 1.93 bits per heavy atom. The normalized spacial score (nSPS) is 24.4. The highest BCUT2D eigenvalue weighted by molar-refractivity contribution is 5.33. The molecule has 28 heavy (non-hydrogen) atoms. The van der Waals surface area contributed by atoms with Gasteiger partial charge in [-0.3, -0.25) is 5.43 Å². The highest BCUT2D eigenvalue weighted by atomic mass is 16.5. The number of aryl methyl sites for hydroxylation is 1. The summed E-state index contributed by atoms with van der Waals surface area (Å²) in [6, 6.07) is 12.8. The van der Waals surface area contributed by atoms with Gasteiger partial charge in [0.05, 0.1) is 13.2 Å². The molecule has 2 unspecified atom stereocenters. The monoisotopic (exact) mass is 385 g/mol. The number of ether oxygens (including phenoxy) is 2. The van der Waals surface area contributed by atoms with E-state index in [0.29, 0.717) is 5.92 Å². The van der Waals surface area contributed by atoms with Crippen LogP contribution in [0.1, 0.15) is 36.0 Å². The first-order valence-electron chi connectivity index (χ1n) is 10.2. The van der Waals surface area contributed by atoms with Crippen LogP contribution in [0.3, 0.4) is 0 Å². The van der Waals surface area contributed by atoms with Crippen molar-refractivity contribution >= 4 is 0 Å². The van der Waals surface area contributed by atoms with Crippen molar-refractivity contribution in [2.75, 3.05) is 40.0 Å². The van der Waals surface area contributed by atoms with E-state index in [4.69, 9.17) is 13.9 Å². The maximum atomic E-state index is 5.85. The van der Waals surface area contributed by atoms with E-state index >= 15 is 0 Å². The fourth-order valence-electron chi connectivity index (χ4n) is 4.42. The van der Waals surface area contributed by atoms with E-state index in [0.717, 1.165) is 63.0 Å². The smallest absolute Gasteiger partial charge is 0.122 e. The van der Waals surface area contributed by atoms with Crippen molar-refractivity contribution < 1.29 is 13.9 Å². The first kappa shape index (κ1) is 19.5. The zero-order valence-corrected chi connectivity index (χ0v) is 16.8. The Balaban J connectivity index is 1.41. The summed E-state index contributed by atoms with van der Waals surface area (Å²) in [5.41, 5.74) is 8.13. The van der Waals surface area contributed by atoms with Crippen LogP contribution in [0.4, 0.5) is 0 Å². The van der Waals surface area contributed by atoms with E-state index in [1.54, 1.807) is 7.11 Å². The number of methoxy groups -OCH3 is 1. The van der Waals surface area contributed by atoms with Crippen LogP contribution in [0.5, 0.6) is 5.75 Å². The number of rotatable bonds is 7. The van der Waals surface area contributed by atoms with Crippen LogP contribution >= 0.6 is 0 Å². The molecule has 6 heteroatoms. The number of nitrogens with one attached hydrogen (secondary N) is 3. The van der Waals surface area contributed by atoms with E-state index < -0.39 is 0 Å². The van der Waals surface area contributed by atoms with E-state index in [1.807, 2.05) is 13.0 Å². The van der Waals surface area contributed by atoms with Crippen LogP contribution in [0.2, 0.25) is 0 Å². The summed E-state index contributed by atoms with van der Waals surface area (Å²) in [5, 5.41) is 3.76. The van der Waals surface area contributed by atoms with Crippen LogP contribution in [0.25, 0.3) is 0 Å². The Labute approximate surface area is 166 Å². The zero-order chi connectivity index (χ0) is 19.4. The lowest BCUT2D eigenvalue weighted by Crippen LogP contribution is -2.44. The van der Waals surface area contributed by atoms with Gasteiger partial charge < -0.3 is 19.2 Å². The molecule has 1 aromatic carbocycles. The molecule has 0 saturated carbocycles. The van der Waals surface area contributed by atoms with Crippen molar-refractivity contribution in [3.63, 3.8) is 0 Å². The minimum atomic E-state index is 0.112. The molecule has 2 saturated heterocycles. The molecule has 0 aliphatic carbocycles. The quantitative estimate of drug-likeness (QED) is 0.681. The fraction of sp³-hybridized carbons (Fsp3) is 0.545. The van der Waals surface area contributed by atoms with Crippen molar-refractivity contribution in [3.8, 4) is 5.75 Å². The largest absolute Gasteiger partial charge is 0.497 e. The van der Waals surface area contributed by atoms with E-state index in [-0.39, 0.29) is 11.5 Å². The Bertz CT molecular complexity index is 753. The first-order chi connectivity index (χ1) is 13.7. The number of hydrogen-bond donors (Lipinski definition) is 3. The molecule has 0 bridgehead atoms. The summed E-state index contributed by atoms with van der Waals surface area (Å²) in [6.07, 6.45) is 2.07. The van der Waals surface area contributed by atoms with Crippen molar-refractivity contribution in [2.45, 2.75) is 31.2 Å². The van der Waals surface area contributed by atoms with Gasteiger partial charge in [0.25, 0.3) is 0 Å². The molecular formula is C22H31N3O3. The average molecular weight is 386 g/mol. The average Bonchev–Trinajstić information content (AvgIpc) is 3.37. The minimum absolute atomic E-state index is 0.112. The predicted octanol–water partition coefficient (Wildman–Crippen LogP) is 2.70. The van der Waals surface area contributed by atoms with Crippen LogP contribution in [-0.4, -0.2) is 40.0 Å². The third-order valence-corrected chi connectivity index (χ3v) is 6.18. The molecule has 152 valence electrons. The molecule has 0 spiro atoms. The summed E-state index contributed by atoms with van der Waals surface area (Å²) in [6.45, 7) is 6.42. The molecule has 2 aliphatic rings. The Morgan fingerprint density at radius 1 is 1.14 bits per heavy atom. The molecule has 2 atom stereocenters. The molecule has 2 aromatic rings. The first-order valence-corrected chi connectivity index (χ1v) is 10.2. The summed E-state index contributed by atoms with van der Waals surface area (Å²) >= 11 is 0. The van der Waals surface area contributed by atoms with Gasteiger partial charge in [-0.2, -0.15) is 0 Å². The van der Waals surface area contributed by atoms with Crippen LogP contribution in [0, 0.1) is 12.8 Å². The van der Waals surface area contributed by atoms with Gasteiger partial charge in [0.1, 0.15) is 17.3 Å². The molecular weight excluding hydrogens is 354 g/mol. The second-order valence-corrected chi connectivity index (χ2v) is 7.96. The summed E-state index contributed by atoms with van der Waals surface area (Å²) in [7, 11) is 1.71. The molecule has 0 radical (unpaired) electrons. The van der Waals surface area contributed by atoms with Crippen molar-refractivity contribution in [1.29, 1.82) is 0 Å². The lowest BCUT2D eigenvalue weighted by molar-refractivity contribution is 0.0495. The van der Waals surface area contributed by atoms with Crippen LogP contribution in [0.15, 0.2) is 40.8 Å². The van der Waals surface area contributed by atoms with Gasteiger partial charge in [0.15, 0.2) is 0 Å². The third kappa shape index (κ3) is 4.10. The summed E-state index contributed by atoms with van der Waals surface area (Å²) < 4.78 is 16.8. The second kappa shape index (κ2) is 8.66. The maximum Gasteiger partial charge on any atom is 0.122 e. The van der Waals surface area contributed by atoms with Gasteiger partial charge in [0.2, 0.25) is 0 Å². The lowest BCUT2D eigenvalue weighted by Gasteiger charge is -2.38. The SMILES string of the molecule is COc1ccc(C2(CNCC3CNNC3c3ccc(C)o3)CCOCC2)cc1. The Hall–Kier alpha value is -1.86. The second-order valence-electron chi connectivity index (χ2n) is 7.96. The number of hydrogen-bond acceptors (Lipinski definition) is 6. The Kier molecular flexibility index (Phi) is 6.01. The van der Waals surface area contributed by atoms with Crippen molar-refractivity contribution in [3.05, 3.63) is 53.5 Å². The fourth-order valence-corrected chi connectivity index (χ4v) is 4.42. The number of furan rings is 1. The number of hydrazine groups is 1. The van der Waals surface area contributed by atoms with Crippen LogP contribution < -0.4 is 20.9 Å². The molecule has 4 rings (SSSR count). The van der Waals surface area contributed by atoms with E-state index in [1.165, 1.54) is 5.56 Å². The van der Waals surface area contributed by atoms with Crippen LogP contribution in [-0.2, 0) is 10.2 Å². The van der Waals surface area contributed by atoms with E-state index in [9.17, 15) is 0 Å². The van der Waals surface area contributed by atoms with Gasteiger partial charge in [-0.1, -0.05) is 12.1 Å². The predicted molar refractivity (Wildman–Crippen MR) is 108 cm³/mol. The third-order valence-electron chi connectivity index (χ3n) is 6.18. The van der Waals surface area contributed by atoms with Crippen molar-refractivity contribution in [1.82, 2.24) is 16.2 Å². The topological polar surface area (TPSA) is 67.7 Å². The molecule has 0 amide bonds. The van der Waals surface area contributed by atoms with E-state index in [2.05, 4.69) is 46.5 Å². The molecule has 2 aliphatic heterocycles. The van der Waals surface area contributed by atoms with Gasteiger partial charge in [-0.25, -0.2) is 5.43 Å². The standard InChI is InChI=1S/C22H31N3O3/c1-16-3-8-20(28-16)21-17(14-24-25-21)13-23-15-22(9-11-27-12-10-22)18-4-6-19(26-2)7-5-18/h3-8,17,21,23-25H,9-15H2,1-2H3. The van der Waals surface area contributed by atoms with Gasteiger partial charge in [-0.15, -0.1) is 0 Å².